The maximum absolute atomic E-state index is 12.6. The predicted molar refractivity (Wildman–Crippen MR) is 86.1 cm³/mol. The third kappa shape index (κ3) is 4.87. The van der Waals surface area contributed by atoms with Crippen LogP contribution in [0.25, 0.3) is 0 Å². The summed E-state index contributed by atoms with van der Waals surface area (Å²) in [5, 5.41) is 2.66. The largest absolute Gasteiger partial charge is 0.494 e. The molecule has 126 valence electrons. The molecule has 0 aliphatic rings. The molecule has 6 heteroatoms. The topological polar surface area (TPSA) is 38.3 Å². The zero-order valence-corrected chi connectivity index (χ0v) is 12.9. The Balaban J connectivity index is 1.99. The number of ketones is 1. The van der Waals surface area contributed by atoms with Crippen molar-refractivity contribution in [2.24, 2.45) is 0 Å². The predicted octanol–water partition coefficient (Wildman–Crippen LogP) is 4.91. The molecule has 2 aromatic carbocycles. The molecule has 0 unspecified atom stereocenters. The smallest absolute Gasteiger partial charge is 0.416 e. The van der Waals surface area contributed by atoms with Crippen molar-refractivity contribution in [1.29, 1.82) is 0 Å². The molecular weight excluding hydrogens is 319 g/mol. The van der Waals surface area contributed by atoms with E-state index in [2.05, 4.69) is 5.32 Å². The Bertz CT molecular complexity index is 722. The SMILES string of the molecule is CCOc1ccc(C(=O)C=CNc2cccc(C(F)(F)F)c2)cc1. The summed E-state index contributed by atoms with van der Waals surface area (Å²) in [7, 11) is 0. The van der Waals surface area contributed by atoms with Gasteiger partial charge in [0.05, 0.1) is 12.2 Å². The minimum absolute atomic E-state index is 0.251. The number of carbonyl (C=O) groups excluding carboxylic acids is 1. The summed E-state index contributed by atoms with van der Waals surface area (Å²) in [5.41, 5.74) is -0.0418. The molecule has 2 aromatic rings. The van der Waals surface area contributed by atoms with E-state index in [0.29, 0.717) is 17.9 Å². The molecule has 0 aliphatic carbocycles. The van der Waals surface area contributed by atoms with E-state index in [1.807, 2.05) is 6.92 Å². The van der Waals surface area contributed by atoms with Crippen molar-refractivity contribution in [3.8, 4) is 5.75 Å². The van der Waals surface area contributed by atoms with E-state index >= 15 is 0 Å². The van der Waals surface area contributed by atoms with Crippen LogP contribution in [0, 0.1) is 0 Å². The van der Waals surface area contributed by atoms with Gasteiger partial charge in [0.15, 0.2) is 5.78 Å². The zero-order valence-electron chi connectivity index (χ0n) is 12.9. The summed E-state index contributed by atoms with van der Waals surface area (Å²) < 4.78 is 43.1. The molecule has 0 aliphatic heterocycles. The standard InChI is InChI=1S/C18H16F3NO2/c1-2-24-16-8-6-13(7-9-16)17(23)10-11-22-15-5-3-4-14(12-15)18(19,20)21/h3-12,22H,2H2,1H3. The Morgan fingerprint density at radius 2 is 1.88 bits per heavy atom. The van der Waals surface area contributed by atoms with Crippen molar-refractivity contribution >= 4 is 11.5 Å². The molecule has 0 fully saturated rings. The van der Waals surface area contributed by atoms with Crippen molar-refractivity contribution in [3.63, 3.8) is 0 Å². The third-order valence-electron chi connectivity index (χ3n) is 3.12. The molecule has 0 saturated carbocycles. The van der Waals surface area contributed by atoms with Crippen LogP contribution in [0.3, 0.4) is 0 Å². The van der Waals surface area contributed by atoms with Crippen LogP contribution in [0.2, 0.25) is 0 Å². The zero-order chi connectivity index (χ0) is 17.6. The summed E-state index contributed by atoms with van der Waals surface area (Å²) in [6, 6.07) is 11.4. The second kappa shape index (κ2) is 7.68. The highest BCUT2D eigenvalue weighted by Crippen LogP contribution is 2.30. The molecule has 0 radical (unpaired) electrons. The number of benzene rings is 2. The van der Waals surface area contributed by atoms with Gasteiger partial charge in [-0.15, -0.1) is 0 Å². The van der Waals surface area contributed by atoms with Crippen LogP contribution in [0.5, 0.6) is 5.75 Å². The van der Waals surface area contributed by atoms with Gasteiger partial charge in [0, 0.05) is 23.5 Å². The van der Waals surface area contributed by atoms with Crippen LogP contribution in [0.4, 0.5) is 18.9 Å². The lowest BCUT2D eigenvalue weighted by molar-refractivity contribution is -0.137. The van der Waals surface area contributed by atoms with Gasteiger partial charge in [0.1, 0.15) is 5.75 Å². The molecule has 0 aromatic heterocycles. The van der Waals surface area contributed by atoms with E-state index in [9.17, 15) is 18.0 Å². The van der Waals surface area contributed by atoms with Gasteiger partial charge in [0.2, 0.25) is 0 Å². The Morgan fingerprint density at radius 3 is 2.50 bits per heavy atom. The average Bonchev–Trinajstić information content (AvgIpc) is 2.55. The van der Waals surface area contributed by atoms with Gasteiger partial charge in [-0.1, -0.05) is 6.07 Å². The molecule has 0 spiro atoms. The number of nitrogens with one attached hydrogen (secondary N) is 1. The second-order valence-electron chi connectivity index (χ2n) is 4.88. The highest BCUT2D eigenvalue weighted by atomic mass is 19.4. The average molecular weight is 335 g/mol. The minimum atomic E-state index is -4.40. The number of allylic oxidation sites excluding steroid dienone is 1. The first-order valence-electron chi connectivity index (χ1n) is 7.27. The molecule has 3 nitrogen and oxygen atoms in total. The van der Waals surface area contributed by atoms with Gasteiger partial charge in [0.25, 0.3) is 0 Å². The summed E-state index contributed by atoms with van der Waals surface area (Å²) in [6.07, 6.45) is -1.83. The number of rotatable bonds is 6. The normalized spacial score (nSPS) is 11.5. The van der Waals surface area contributed by atoms with Crippen LogP contribution in [-0.2, 0) is 6.18 Å². The van der Waals surface area contributed by atoms with Crippen LogP contribution in [0.1, 0.15) is 22.8 Å². The molecule has 1 N–H and O–H groups in total. The van der Waals surface area contributed by atoms with E-state index < -0.39 is 11.7 Å². The van der Waals surface area contributed by atoms with Crippen LogP contribution >= 0.6 is 0 Å². The van der Waals surface area contributed by atoms with Gasteiger partial charge in [-0.05, 0) is 49.4 Å². The molecule has 2 rings (SSSR count). The monoisotopic (exact) mass is 335 g/mol. The molecule has 24 heavy (non-hydrogen) atoms. The highest BCUT2D eigenvalue weighted by molar-refractivity contribution is 6.04. The quantitative estimate of drug-likeness (QED) is 0.602. The van der Waals surface area contributed by atoms with E-state index in [4.69, 9.17) is 4.74 Å². The van der Waals surface area contributed by atoms with Crippen molar-refractivity contribution < 1.29 is 22.7 Å². The number of ether oxygens (including phenoxy) is 1. The van der Waals surface area contributed by atoms with Crippen molar-refractivity contribution in [1.82, 2.24) is 0 Å². The number of alkyl halides is 3. The third-order valence-corrected chi connectivity index (χ3v) is 3.12. The van der Waals surface area contributed by atoms with Gasteiger partial charge in [-0.25, -0.2) is 0 Å². The fourth-order valence-corrected chi connectivity index (χ4v) is 1.98. The first-order chi connectivity index (χ1) is 11.4. The number of anilines is 1. The molecule has 0 amide bonds. The Kier molecular flexibility index (Phi) is 5.63. The highest BCUT2D eigenvalue weighted by Gasteiger charge is 2.30. The van der Waals surface area contributed by atoms with E-state index in [-0.39, 0.29) is 11.5 Å². The van der Waals surface area contributed by atoms with E-state index in [1.165, 1.54) is 24.4 Å². The number of hydrogen-bond donors (Lipinski definition) is 1. The first-order valence-corrected chi connectivity index (χ1v) is 7.27. The van der Waals surface area contributed by atoms with Gasteiger partial charge >= 0.3 is 6.18 Å². The second-order valence-corrected chi connectivity index (χ2v) is 4.88. The fraction of sp³-hybridized carbons (Fsp3) is 0.167. The van der Waals surface area contributed by atoms with Crippen molar-refractivity contribution in [2.45, 2.75) is 13.1 Å². The summed E-state index contributed by atoms with van der Waals surface area (Å²) in [5.74, 6) is 0.401. The maximum Gasteiger partial charge on any atom is 0.416 e. The van der Waals surface area contributed by atoms with Crippen LogP contribution in [-0.4, -0.2) is 12.4 Å². The lowest BCUT2D eigenvalue weighted by Crippen LogP contribution is -2.05. The molecule has 0 heterocycles. The molecule has 0 atom stereocenters. The Morgan fingerprint density at radius 1 is 1.17 bits per heavy atom. The Hall–Kier alpha value is -2.76. The number of halogens is 3. The number of hydrogen-bond acceptors (Lipinski definition) is 3. The molecule has 0 bridgehead atoms. The van der Waals surface area contributed by atoms with Gasteiger partial charge < -0.3 is 10.1 Å². The van der Waals surface area contributed by atoms with Crippen LogP contribution in [0.15, 0.2) is 60.8 Å². The molecule has 0 saturated heterocycles. The van der Waals surface area contributed by atoms with Crippen molar-refractivity contribution in [3.05, 3.63) is 71.9 Å². The molecular formula is C18H16F3NO2. The van der Waals surface area contributed by atoms with Crippen LogP contribution < -0.4 is 10.1 Å². The first kappa shape index (κ1) is 17.6. The van der Waals surface area contributed by atoms with E-state index in [0.717, 1.165) is 12.1 Å². The lowest BCUT2D eigenvalue weighted by Gasteiger charge is -2.08. The fourth-order valence-electron chi connectivity index (χ4n) is 1.98. The lowest BCUT2D eigenvalue weighted by atomic mass is 10.1. The van der Waals surface area contributed by atoms with Crippen molar-refractivity contribution in [2.75, 3.05) is 11.9 Å². The Labute approximate surface area is 137 Å². The summed E-state index contributed by atoms with van der Waals surface area (Å²) in [4.78, 5) is 12.0. The van der Waals surface area contributed by atoms with Gasteiger partial charge in [-0.2, -0.15) is 13.2 Å². The van der Waals surface area contributed by atoms with E-state index in [1.54, 1.807) is 24.3 Å². The summed E-state index contributed by atoms with van der Waals surface area (Å²) >= 11 is 0. The number of carbonyl (C=O) groups is 1. The van der Waals surface area contributed by atoms with Gasteiger partial charge in [-0.3, -0.25) is 4.79 Å². The maximum atomic E-state index is 12.6. The summed E-state index contributed by atoms with van der Waals surface area (Å²) in [6.45, 7) is 2.40. The minimum Gasteiger partial charge on any atom is -0.494 e.